The SMILES string of the molecule is CCC(N)C(Oc1cc(Cl)ccc1C)c1ccc(C)o1. The monoisotopic (exact) mass is 293 g/mol. The van der Waals surface area contributed by atoms with Gasteiger partial charge in [0.25, 0.3) is 0 Å². The summed E-state index contributed by atoms with van der Waals surface area (Å²) in [6, 6.07) is 9.27. The minimum Gasteiger partial charge on any atom is -0.481 e. The lowest BCUT2D eigenvalue weighted by Gasteiger charge is -2.23. The van der Waals surface area contributed by atoms with Crippen molar-refractivity contribution in [1.29, 1.82) is 0 Å². The van der Waals surface area contributed by atoms with Gasteiger partial charge in [0.15, 0.2) is 6.10 Å². The Bertz CT molecular complexity index is 580. The van der Waals surface area contributed by atoms with E-state index in [0.29, 0.717) is 5.02 Å². The minimum atomic E-state index is -0.314. The zero-order valence-corrected chi connectivity index (χ0v) is 12.8. The first kappa shape index (κ1) is 14.9. The van der Waals surface area contributed by atoms with Crippen LogP contribution in [-0.2, 0) is 0 Å². The first-order valence-corrected chi connectivity index (χ1v) is 7.13. The van der Waals surface area contributed by atoms with E-state index >= 15 is 0 Å². The summed E-state index contributed by atoms with van der Waals surface area (Å²) < 4.78 is 11.7. The molecule has 108 valence electrons. The van der Waals surface area contributed by atoms with Crippen molar-refractivity contribution in [3.63, 3.8) is 0 Å². The zero-order valence-electron chi connectivity index (χ0n) is 12.0. The van der Waals surface area contributed by atoms with Crippen molar-refractivity contribution in [3.05, 3.63) is 52.4 Å². The third kappa shape index (κ3) is 3.35. The van der Waals surface area contributed by atoms with Crippen LogP contribution in [0.1, 0.15) is 36.5 Å². The predicted octanol–water partition coefficient (Wildman–Crippen LogP) is 4.41. The largest absolute Gasteiger partial charge is 0.481 e. The number of nitrogens with two attached hydrogens (primary N) is 1. The van der Waals surface area contributed by atoms with Crippen molar-refractivity contribution < 1.29 is 9.15 Å². The number of benzene rings is 1. The highest BCUT2D eigenvalue weighted by molar-refractivity contribution is 6.30. The van der Waals surface area contributed by atoms with Gasteiger partial charge in [0.2, 0.25) is 0 Å². The van der Waals surface area contributed by atoms with Gasteiger partial charge in [0.05, 0.1) is 0 Å². The third-order valence-electron chi connectivity index (χ3n) is 3.31. The van der Waals surface area contributed by atoms with Crippen LogP contribution in [0.4, 0.5) is 0 Å². The molecule has 2 atom stereocenters. The average molecular weight is 294 g/mol. The lowest BCUT2D eigenvalue weighted by Crippen LogP contribution is -2.31. The molecule has 0 amide bonds. The number of ether oxygens (including phenoxy) is 1. The molecule has 2 rings (SSSR count). The smallest absolute Gasteiger partial charge is 0.171 e. The van der Waals surface area contributed by atoms with Gasteiger partial charge in [-0.2, -0.15) is 0 Å². The molecule has 2 unspecified atom stereocenters. The Balaban J connectivity index is 2.30. The van der Waals surface area contributed by atoms with Crippen molar-refractivity contribution in [2.75, 3.05) is 0 Å². The second-order valence-corrected chi connectivity index (χ2v) is 5.41. The fourth-order valence-corrected chi connectivity index (χ4v) is 2.18. The van der Waals surface area contributed by atoms with Crippen LogP contribution in [0.2, 0.25) is 5.02 Å². The highest BCUT2D eigenvalue weighted by Gasteiger charge is 2.24. The van der Waals surface area contributed by atoms with Gasteiger partial charge in [-0.25, -0.2) is 0 Å². The molecule has 1 aromatic carbocycles. The van der Waals surface area contributed by atoms with E-state index in [1.165, 1.54) is 0 Å². The molecule has 4 heteroatoms. The van der Waals surface area contributed by atoms with Gasteiger partial charge >= 0.3 is 0 Å². The second kappa shape index (κ2) is 6.33. The van der Waals surface area contributed by atoms with E-state index in [9.17, 15) is 0 Å². The van der Waals surface area contributed by atoms with Crippen LogP contribution >= 0.6 is 11.6 Å². The first-order valence-electron chi connectivity index (χ1n) is 6.76. The fraction of sp³-hybridized carbons (Fsp3) is 0.375. The van der Waals surface area contributed by atoms with E-state index < -0.39 is 0 Å². The number of aryl methyl sites for hydroxylation is 2. The number of halogens is 1. The van der Waals surface area contributed by atoms with E-state index in [1.54, 1.807) is 0 Å². The standard InChI is InChI=1S/C16H20ClNO2/c1-4-13(18)16(14-8-6-11(3)19-14)20-15-9-12(17)7-5-10(15)2/h5-9,13,16H,4,18H2,1-3H3. The Hall–Kier alpha value is -1.45. The normalized spacial score (nSPS) is 14.1. The summed E-state index contributed by atoms with van der Waals surface area (Å²) in [5.41, 5.74) is 7.20. The van der Waals surface area contributed by atoms with Crippen LogP contribution in [0.5, 0.6) is 5.75 Å². The summed E-state index contributed by atoms with van der Waals surface area (Å²) in [4.78, 5) is 0. The highest BCUT2D eigenvalue weighted by Crippen LogP contribution is 2.30. The Labute approximate surface area is 124 Å². The fourth-order valence-electron chi connectivity index (χ4n) is 2.01. The predicted molar refractivity (Wildman–Crippen MR) is 81.3 cm³/mol. The van der Waals surface area contributed by atoms with Crippen molar-refractivity contribution in [1.82, 2.24) is 0 Å². The molecular formula is C16H20ClNO2. The molecule has 0 fully saturated rings. The highest BCUT2D eigenvalue weighted by atomic mass is 35.5. The maximum absolute atomic E-state index is 6.18. The van der Waals surface area contributed by atoms with E-state index in [0.717, 1.165) is 29.3 Å². The molecule has 0 spiro atoms. The van der Waals surface area contributed by atoms with Gasteiger partial charge in [-0.15, -0.1) is 0 Å². The minimum absolute atomic E-state index is 0.140. The lowest BCUT2D eigenvalue weighted by molar-refractivity contribution is 0.142. The average Bonchev–Trinajstić information content (AvgIpc) is 2.85. The first-order chi connectivity index (χ1) is 9.51. The molecule has 0 radical (unpaired) electrons. The summed E-state index contributed by atoms with van der Waals surface area (Å²) in [6.07, 6.45) is 0.482. The second-order valence-electron chi connectivity index (χ2n) is 4.97. The Morgan fingerprint density at radius 1 is 1.25 bits per heavy atom. The lowest BCUT2D eigenvalue weighted by atomic mass is 10.1. The van der Waals surface area contributed by atoms with Crippen LogP contribution in [0.3, 0.4) is 0 Å². The Morgan fingerprint density at radius 3 is 2.60 bits per heavy atom. The van der Waals surface area contributed by atoms with Crippen molar-refractivity contribution in [2.45, 2.75) is 39.3 Å². The summed E-state index contributed by atoms with van der Waals surface area (Å²) in [5.74, 6) is 2.33. The van der Waals surface area contributed by atoms with Crippen molar-refractivity contribution in [2.24, 2.45) is 5.73 Å². The number of rotatable bonds is 5. The zero-order chi connectivity index (χ0) is 14.7. The maximum atomic E-state index is 6.18. The van der Waals surface area contributed by atoms with Crippen LogP contribution < -0.4 is 10.5 Å². The Morgan fingerprint density at radius 2 is 2.00 bits per heavy atom. The third-order valence-corrected chi connectivity index (χ3v) is 3.54. The Kier molecular flexibility index (Phi) is 4.73. The molecule has 0 aliphatic carbocycles. The topological polar surface area (TPSA) is 48.4 Å². The molecule has 0 aliphatic heterocycles. The van der Waals surface area contributed by atoms with Gasteiger partial charge in [0, 0.05) is 11.1 Å². The van der Waals surface area contributed by atoms with Gasteiger partial charge in [-0.1, -0.05) is 24.6 Å². The van der Waals surface area contributed by atoms with Crippen molar-refractivity contribution in [3.8, 4) is 5.75 Å². The van der Waals surface area contributed by atoms with Crippen LogP contribution in [0.15, 0.2) is 34.7 Å². The molecule has 0 aliphatic rings. The molecule has 1 aromatic heterocycles. The van der Waals surface area contributed by atoms with Crippen molar-refractivity contribution >= 4 is 11.6 Å². The van der Waals surface area contributed by atoms with E-state index in [1.807, 2.05) is 51.1 Å². The van der Waals surface area contributed by atoms with Crippen LogP contribution in [0.25, 0.3) is 0 Å². The van der Waals surface area contributed by atoms with E-state index in [4.69, 9.17) is 26.5 Å². The van der Waals surface area contributed by atoms with Gasteiger partial charge in [-0.05, 0) is 50.1 Å². The molecule has 2 N–H and O–H groups in total. The molecule has 3 nitrogen and oxygen atoms in total. The van der Waals surface area contributed by atoms with Gasteiger partial charge in [-0.3, -0.25) is 0 Å². The summed E-state index contributed by atoms with van der Waals surface area (Å²) >= 11 is 6.03. The molecule has 0 saturated carbocycles. The van der Waals surface area contributed by atoms with E-state index in [2.05, 4.69) is 0 Å². The van der Waals surface area contributed by atoms with Gasteiger partial charge in [0.1, 0.15) is 17.3 Å². The summed E-state index contributed by atoms with van der Waals surface area (Å²) in [7, 11) is 0. The van der Waals surface area contributed by atoms with Crippen LogP contribution in [0, 0.1) is 13.8 Å². The number of hydrogen-bond acceptors (Lipinski definition) is 3. The van der Waals surface area contributed by atoms with Gasteiger partial charge < -0.3 is 14.9 Å². The molecule has 20 heavy (non-hydrogen) atoms. The molecule has 0 bridgehead atoms. The number of hydrogen-bond donors (Lipinski definition) is 1. The van der Waals surface area contributed by atoms with E-state index in [-0.39, 0.29) is 12.1 Å². The summed E-state index contributed by atoms with van der Waals surface area (Å²) in [6.45, 7) is 5.91. The molecule has 2 aromatic rings. The molecule has 1 heterocycles. The number of furan rings is 1. The maximum Gasteiger partial charge on any atom is 0.171 e. The quantitative estimate of drug-likeness (QED) is 0.888. The summed E-state index contributed by atoms with van der Waals surface area (Å²) in [5, 5.41) is 0.644. The molecular weight excluding hydrogens is 274 g/mol. The molecule has 0 saturated heterocycles. The van der Waals surface area contributed by atoms with Crippen LogP contribution in [-0.4, -0.2) is 6.04 Å².